The summed E-state index contributed by atoms with van der Waals surface area (Å²) in [6.07, 6.45) is 7.32. The quantitative estimate of drug-likeness (QED) is 0.702. The van der Waals surface area contributed by atoms with Crippen LogP contribution in [0.4, 0.5) is 0 Å². The van der Waals surface area contributed by atoms with Gasteiger partial charge >= 0.3 is 5.97 Å². The third-order valence-electron chi connectivity index (χ3n) is 3.66. The fourth-order valence-electron chi connectivity index (χ4n) is 3.05. The fourth-order valence-corrected chi connectivity index (χ4v) is 3.05. The van der Waals surface area contributed by atoms with Crippen LogP contribution >= 0.6 is 0 Å². The van der Waals surface area contributed by atoms with Crippen LogP contribution in [0.3, 0.4) is 0 Å². The van der Waals surface area contributed by atoms with Crippen LogP contribution < -0.4 is 0 Å². The van der Waals surface area contributed by atoms with Gasteiger partial charge in [-0.25, -0.2) is 4.79 Å². The lowest BCUT2D eigenvalue weighted by Crippen LogP contribution is -2.26. The van der Waals surface area contributed by atoms with E-state index in [0.29, 0.717) is 5.92 Å². The van der Waals surface area contributed by atoms with E-state index in [-0.39, 0.29) is 5.92 Å². The lowest BCUT2D eigenvalue weighted by molar-refractivity contribution is -0.128. The Bertz CT molecular complexity index is 300. The van der Waals surface area contributed by atoms with E-state index in [1.165, 1.54) is 12.8 Å². The highest BCUT2D eigenvalue weighted by atomic mass is 16.4. The lowest BCUT2D eigenvalue weighted by Gasteiger charge is -2.23. The fraction of sp³-hybridized carbons (Fsp3) is 0.727. The molecule has 2 saturated carbocycles. The summed E-state index contributed by atoms with van der Waals surface area (Å²) >= 11 is 0. The van der Waals surface area contributed by atoms with Crippen LogP contribution in [-0.2, 0) is 9.59 Å². The predicted molar refractivity (Wildman–Crippen MR) is 54.5 cm³/mol. The zero-order valence-electron chi connectivity index (χ0n) is 8.43. The second kappa shape index (κ2) is 4.13. The monoisotopic (exact) mass is 208 g/mol. The van der Waals surface area contributed by atoms with Gasteiger partial charge in [0.25, 0.3) is 0 Å². The molecular weight excluding hydrogens is 194 g/mol. The first-order valence-electron chi connectivity index (χ1n) is 5.34. The summed E-state index contributed by atoms with van der Waals surface area (Å²) in [4.78, 5) is 24.9. The molecule has 0 aromatic carbocycles. The van der Waals surface area contributed by atoms with Crippen molar-refractivity contribution in [3.05, 3.63) is 0 Å². The molecule has 0 spiro atoms. The van der Waals surface area contributed by atoms with E-state index >= 15 is 0 Å². The van der Waals surface area contributed by atoms with Gasteiger partial charge in [0, 0.05) is 0 Å². The van der Waals surface area contributed by atoms with E-state index in [9.17, 15) is 9.59 Å². The van der Waals surface area contributed by atoms with Crippen molar-refractivity contribution in [3.8, 4) is 0 Å². The van der Waals surface area contributed by atoms with Crippen LogP contribution in [0.1, 0.15) is 25.7 Å². The van der Waals surface area contributed by atoms with Gasteiger partial charge in [0.1, 0.15) is 12.3 Å². The van der Waals surface area contributed by atoms with E-state index in [4.69, 9.17) is 5.11 Å². The highest BCUT2D eigenvalue weighted by molar-refractivity contribution is 6.22. The maximum absolute atomic E-state index is 10.7. The molecule has 0 saturated heterocycles. The second-order valence-electron chi connectivity index (χ2n) is 4.52. The van der Waals surface area contributed by atoms with E-state index in [2.05, 4.69) is 4.99 Å². The number of aliphatic imine (C=N–C) groups is 1. The summed E-state index contributed by atoms with van der Waals surface area (Å²) in [6, 6.07) is -0.559. The zero-order chi connectivity index (χ0) is 10.8. The highest BCUT2D eigenvalue weighted by Gasteiger charge is 2.43. The van der Waals surface area contributed by atoms with Gasteiger partial charge in [0.2, 0.25) is 6.29 Å². The van der Waals surface area contributed by atoms with E-state index in [0.717, 1.165) is 25.0 Å². The molecule has 2 rings (SSSR count). The Morgan fingerprint density at radius 1 is 1.47 bits per heavy atom. The second-order valence-corrected chi connectivity index (χ2v) is 4.52. The Kier molecular flexibility index (Phi) is 2.84. The number of hydrogen-bond acceptors (Lipinski definition) is 3. The minimum absolute atomic E-state index is 0.233. The van der Waals surface area contributed by atoms with Gasteiger partial charge in [-0.1, -0.05) is 6.42 Å². The Balaban J connectivity index is 2.01. The molecule has 15 heavy (non-hydrogen) atoms. The van der Waals surface area contributed by atoms with Crippen molar-refractivity contribution in [1.82, 2.24) is 0 Å². The molecule has 1 radical (unpaired) electrons. The molecule has 4 unspecified atom stereocenters. The molecule has 2 fully saturated rings. The zero-order valence-corrected chi connectivity index (χ0v) is 8.43. The summed E-state index contributed by atoms with van der Waals surface area (Å²) < 4.78 is 0. The Labute approximate surface area is 88.4 Å². The maximum atomic E-state index is 10.7. The van der Waals surface area contributed by atoms with Gasteiger partial charge in [-0.2, -0.15) is 0 Å². The summed E-state index contributed by atoms with van der Waals surface area (Å²) in [7, 11) is 0. The van der Waals surface area contributed by atoms with Crippen molar-refractivity contribution in [2.45, 2.75) is 31.7 Å². The SMILES string of the molecule is O=[C]C(N=CC(=O)O)C1CC2CCC1C2. The number of carbonyl (C=O) groups excluding carboxylic acids is 1. The minimum Gasteiger partial charge on any atom is -0.477 e. The first kappa shape index (κ1) is 10.3. The number of carbonyl (C=O) groups is 1. The first-order chi connectivity index (χ1) is 7.20. The van der Waals surface area contributed by atoms with Crippen LogP contribution in [0.2, 0.25) is 0 Å². The number of fused-ring (bicyclic) bond motifs is 2. The average Bonchev–Trinajstić information content (AvgIpc) is 2.79. The number of rotatable bonds is 4. The van der Waals surface area contributed by atoms with E-state index in [1.807, 2.05) is 6.29 Å². The molecule has 0 heterocycles. The van der Waals surface area contributed by atoms with Crippen LogP contribution in [-0.4, -0.2) is 29.6 Å². The van der Waals surface area contributed by atoms with Gasteiger partial charge in [-0.15, -0.1) is 0 Å². The average molecular weight is 208 g/mol. The van der Waals surface area contributed by atoms with E-state index < -0.39 is 12.0 Å². The Morgan fingerprint density at radius 2 is 2.27 bits per heavy atom. The third kappa shape index (κ3) is 2.08. The summed E-state index contributed by atoms with van der Waals surface area (Å²) in [5.74, 6) is 0.429. The molecule has 1 N–H and O–H groups in total. The molecule has 0 aromatic rings. The van der Waals surface area contributed by atoms with Crippen molar-refractivity contribution < 1.29 is 14.7 Å². The number of carboxylic acids is 1. The van der Waals surface area contributed by atoms with Gasteiger partial charge in [-0.3, -0.25) is 9.79 Å². The van der Waals surface area contributed by atoms with E-state index in [1.54, 1.807) is 0 Å². The van der Waals surface area contributed by atoms with Gasteiger partial charge in [0.15, 0.2) is 0 Å². The molecule has 81 valence electrons. The van der Waals surface area contributed by atoms with Gasteiger partial charge in [-0.05, 0) is 37.0 Å². The maximum Gasteiger partial charge on any atom is 0.346 e. The highest BCUT2D eigenvalue weighted by Crippen LogP contribution is 2.49. The molecule has 4 heteroatoms. The molecule has 2 aliphatic rings. The number of carboxylic acid groups (broad SMARTS) is 1. The molecular formula is C11H14NO3. The molecule has 0 amide bonds. The largest absolute Gasteiger partial charge is 0.477 e. The minimum atomic E-state index is -1.10. The summed E-state index contributed by atoms with van der Waals surface area (Å²) in [6.45, 7) is 0. The van der Waals surface area contributed by atoms with Crippen molar-refractivity contribution in [2.75, 3.05) is 0 Å². The van der Waals surface area contributed by atoms with Crippen molar-refractivity contribution in [1.29, 1.82) is 0 Å². The topological polar surface area (TPSA) is 66.7 Å². The molecule has 4 nitrogen and oxygen atoms in total. The predicted octanol–water partition coefficient (Wildman–Crippen LogP) is 1.06. The Morgan fingerprint density at radius 3 is 2.73 bits per heavy atom. The summed E-state index contributed by atoms with van der Waals surface area (Å²) in [5.41, 5.74) is 0. The number of aliphatic carboxylic acids is 1. The van der Waals surface area contributed by atoms with Gasteiger partial charge < -0.3 is 5.11 Å². The van der Waals surface area contributed by atoms with Crippen LogP contribution in [0.25, 0.3) is 0 Å². The Hall–Kier alpha value is -1.19. The summed E-state index contributed by atoms with van der Waals surface area (Å²) in [5, 5.41) is 8.45. The van der Waals surface area contributed by atoms with Crippen LogP contribution in [0.15, 0.2) is 4.99 Å². The molecule has 4 atom stereocenters. The normalized spacial score (nSPS) is 35.9. The number of nitrogens with zero attached hydrogens (tertiary/aromatic N) is 1. The van der Waals surface area contributed by atoms with Crippen molar-refractivity contribution >= 4 is 18.5 Å². The van der Waals surface area contributed by atoms with Gasteiger partial charge in [0.05, 0.1) is 0 Å². The van der Waals surface area contributed by atoms with Crippen LogP contribution in [0.5, 0.6) is 0 Å². The molecule has 2 aliphatic carbocycles. The molecule has 0 aliphatic heterocycles. The smallest absolute Gasteiger partial charge is 0.346 e. The standard InChI is InChI=1S/C11H14NO3/c13-6-10(12-5-11(14)15)9-4-7-1-2-8(9)3-7/h5,7-10H,1-4H2,(H,14,15). The van der Waals surface area contributed by atoms with Crippen molar-refractivity contribution in [3.63, 3.8) is 0 Å². The lowest BCUT2D eigenvalue weighted by atomic mass is 9.84. The van der Waals surface area contributed by atoms with Crippen LogP contribution in [0, 0.1) is 17.8 Å². The molecule has 0 aromatic heterocycles. The third-order valence-corrected chi connectivity index (χ3v) is 3.66. The van der Waals surface area contributed by atoms with Crippen molar-refractivity contribution in [2.24, 2.45) is 22.7 Å². The number of hydrogen-bond donors (Lipinski definition) is 1. The molecule has 2 bridgehead atoms. The first-order valence-corrected chi connectivity index (χ1v) is 5.34.